The quantitative estimate of drug-likeness (QED) is 0.814. The van der Waals surface area contributed by atoms with Gasteiger partial charge in [-0.05, 0) is 56.7 Å². The van der Waals surface area contributed by atoms with Crippen molar-refractivity contribution in [1.29, 1.82) is 0 Å². The summed E-state index contributed by atoms with van der Waals surface area (Å²) in [4.78, 5) is 4.92. The molecule has 110 valence electrons. The highest BCUT2D eigenvalue weighted by Gasteiger charge is 2.12. The highest BCUT2D eigenvalue weighted by atomic mass is 32.1. The topological polar surface area (TPSA) is 32.5 Å². The first-order chi connectivity index (χ1) is 9.54. The molecule has 5 heteroatoms. The molecule has 0 aromatic heterocycles. The first-order valence-electron chi connectivity index (χ1n) is 7.05. The van der Waals surface area contributed by atoms with Crippen molar-refractivity contribution >= 4 is 17.2 Å². The average molecular weight is 295 g/mol. The first kappa shape index (κ1) is 15.4. The molecule has 0 radical (unpaired) electrons. The van der Waals surface area contributed by atoms with Gasteiger partial charge in [-0.3, -0.25) is 0 Å². The standard InChI is InChI=1S/C15H22FN3S/c1-18(6-7-19-4-2-3-5-19)11-12-8-13(15(17)20)10-14(16)9-12/h8-10H,2-7,11H2,1H3,(H2,17,20). The molecule has 2 rings (SSSR count). The number of hydrogen-bond acceptors (Lipinski definition) is 3. The molecule has 1 aromatic rings. The van der Waals surface area contributed by atoms with Crippen molar-refractivity contribution in [1.82, 2.24) is 9.80 Å². The lowest BCUT2D eigenvalue weighted by Gasteiger charge is -2.21. The summed E-state index contributed by atoms with van der Waals surface area (Å²) in [6.45, 7) is 5.19. The van der Waals surface area contributed by atoms with Crippen LogP contribution in [0.4, 0.5) is 4.39 Å². The Hall–Kier alpha value is -1.04. The molecule has 0 atom stereocenters. The van der Waals surface area contributed by atoms with Crippen molar-refractivity contribution in [3.8, 4) is 0 Å². The maximum Gasteiger partial charge on any atom is 0.124 e. The van der Waals surface area contributed by atoms with Crippen LogP contribution in [0.3, 0.4) is 0 Å². The zero-order valence-corrected chi connectivity index (χ0v) is 12.8. The van der Waals surface area contributed by atoms with Crippen molar-refractivity contribution in [3.63, 3.8) is 0 Å². The zero-order valence-electron chi connectivity index (χ0n) is 11.9. The summed E-state index contributed by atoms with van der Waals surface area (Å²) < 4.78 is 13.5. The van der Waals surface area contributed by atoms with E-state index in [0.717, 1.165) is 18.7 Å². The van der Waals surface area contributed by atoms with Crippen LogP contribution in [0, 0.1) is 5.82 Å². The minimum atomic E-state index is -0.279. The molecule has 1 saturated heterocycles. The Morgan fingerprint density at radius 3 is 2.70 bits per heavy atom. The summed E-state index contributed by atoms with van der Waals surface area (Å²) in [5, 5.41) is 0. The normalized spacial score (nSPS) is 15.9. The molecular weight excluding hydrogens is 273 g/mol. The number of hydrogen-bond donors (Lipinski definition) is 1. The molecule has 0 amide bonds. The van der Waals surface area contributed by atoms with E-state index in [9.17, 15) is 4.39 Å². The fourth-order valence-corrected chi connectivity index (χ4v) is 2.71. The van der Waals surface area contributed by atoms with Gasteiger partial charge < -0.3 is 15.5 Å². The fourth-order valence-electron chi connectivity index (χ4n) is 2.59. The van der Waals surface area contributed by atoms with Crippen molar-refractivity contribution in [2.45, 2.75) is 19.4 Å². The van der Waals surface area contributed by atoms with Crippen molar-refractivity contribution in [2.75, 3.05) is 33.2 Å². The molecule has 1 aliphatic rings. The second-order valence-electron chi connectivity index (χ2n) is 5.50. The molecule has 2 N–H and O–H groups in total. The van der Waals surface area contributed by atoms with Crippen LogP contribution < -0.4 is 5.73 Å². The van der Waals surface area contributed by atoms with Crippen LogP contribution in [0.15, 0.2) is 18.2 Å². The van der Waals surface area contributed by atoms with Gasteiger partial charge >= 0.3 is 0 Å². The molecule has 0 spiro atoms. The van der Waals surface area contributed by atoms with Gasteiger partial charge in [0, 0.05) is 25.2 Å². The molecule has 1 heterocycles. The van der Waals surface area contributed by atoms with E-state index in [1.165, 1.54) is 32.0 Å². The van der Waals surface area contributed by atoms with Gasteiger partial charge in [0.1, 0.15) is 10.8 Å². The predicted molar refractivity (Wildman–Crippen MR) is 84.3 cm³/mol. The summed E-state index contributed by atoms with van der Waals surface area (Å²) in [5.74, 6) is -0.279. The van der Waals surface area contributed by atoms with Crippen molar-refractivity contribution in [2.24, 2.45) is 5.73 Å². The number of nitrogens with two attached hydrogens (primary N) is 1. The Bertz CT molecular complexity index is 472. The number of halogens is 1. The zero-order chi connectivity index (χ0) is 14.5. The van der Waals surface area contributed by atoms with Crippen molar-refractivity contribution < 1.29 is 4.39 Å². The summed E-state index contributed by atoms with van der Waals surface area (Å²) in [5.41, 5.74) is 7.08. The summed E-state index contributed by atoms with van der Waals surface area (Å²) >= 11 is 4.91. The van der Waals surface area contributed by atoms with E-state index in [1.807, 2.05) is 6.07 Å². The van der Waals surface area contributed by atoms with E-state index in [0.29, 0.717) is 12.1 Å². The summed E-state index contributed by atoms with van der Waals surface area (Å²) in [6, 6.07) is 4.81. The molecule has 0 bridgehead atoms. The molecule has 1 aliphatic heterocycles. The third-order valence-electron chi connectivity index (χ3n) is 3.69. The van der Waals surface area contributed by atoms with Gasteiger partial charge in [-0.15, -0.1) is 0 Å². The molecule has 0 unspecified atom stereocenters. The van der Waals surface area contributed by atoms with Gasteiger partial charge in [0.15, 0.2) is 0 Å². The van der Waals surface area contributed by atoms with E-state index in [4.69, 9.17) is 18.0 Å². The summed E-state index contributed by atoms with van der Waals surface area (Å²) in [6.07, 6.45) is 2.62. The van der Waals surface area contributed by atoms with Gasteiger partial charge in [-0.1, -0.05) is 12.2 Å². The van der Waals surface area contributed by atoms with Crippen LogP contribution in [-0.2, 0) is 6.54 Å². The monoisotopic (exact) mass is 295 g/mol. The molecular formula is C15H22FN3S. The highest BCUT2D eigenvalue weighted by Crippen LogP contribution is 2.12. The van der Waals surface area contributed by atoms with Crippen LogP contribution >= 0.6 is 12.2 Å². The van der Waals surface area contributed by atoms with E-state index < -0.39 is 0 Å². The number of thiocarbonyl (C=S) groups is 1. The van der Waals surface area contributed by atoms with Gasteiger partial charge in [-0.2, -0.15) is 0 Å². The smallest absolute Gasteiger partial charge is 0.124 e. The first-order valence-corrected chi connectivity index (χ1v) is 7.45. The Kier molecular flexibility index (Phi) is 5.46. The third-order valence-corrected chi connectivity index (χ3v) is 3.93. The minimum absolute atomic E-state index is 0.241. The van der Waals surface area contributed by atoms with Crippen molar-refractivity contribution in [3.05, 3.63) is 35.1 Å². The maximum absolute atomic E-state index is 13.5. The lowest BCUT2D eigenvalue weighted by Crippen LogP contribution is -2.31. The van der Waals surface area contributed by atoms with E-state index in [1.54, 1.807) is 6.07 Å². The van der Waals surface area contributed by atoms with E-state index >= 15 is 0 Å². The number of rotatable bonds is 6. The molecule has 20 heavy (non-hydrogen) atoms. The van der Waals surface area contributed by atoms with Crippen LogP contribution in [0.25, 0.3) is 0 Å². The lowest BCUT2D eigenvalue weighted by molar-refractivity contribution is 0.252. The SMILES string of the molecule is CN(CCN1CCCC1)Cc1cc(F)cc(C(N)=S)c1. The molecule has 0 aliphatic carbocycles. The summed E-state index contributed by atoms with van der Waals surface area (Å²) in [7, 11) is 2.06. The highest BCUT2D eigenvalue weighted by molar-refractivity contribution is 7.80. The van der Waals surface area contributed by atoms with Gasteiger partial charge in [0.25, 0.3) is 0 Å². The largest absolute Gasteiger partial charge is 0.389 e. The molecule has 1 fully saturated rings. The molecule has 1 aromatic carbocycles. The number of likely N-dealkylation sites (N-methyl/N-ethyl adjacent to an activating group) is 1. The van der Waals surface area contributed by atoms with Gasteiger partial charge in [0.2, 0.25) is 0 Å². The molecule has 0 saturated carbocycles. The van der Waals surface area contributed by atoms with Crippen LogP contribution in [0.5, 0.6) is 0 Å². The minimum Gasteiger partial charge on any atom is -0.389 e. The number of nitrogens with zero attached hydrogens (tertiary/aromatic N) is 2. The van der Waals surface area contributed by atoms with Crippen LogP contribution in [-0.4, -0.2) is 48.0 Å². The Morgan fingerprint density at radius 1 is 1.35 bits per heavy atom. The average Bonchev–Trinajstić information content (AvgIpc) is 2.88. The van der Waals surface area contributed by atoms with Gasteiger partial charge in [0.05, 0.1) is 0 Å². The van der Waals surface area contributed by atoms with E-state index in [-0.39, 0.29) is 10.8 Å². The fraction of sp³-hybridized carbons (Fsp3) is 0.533. The van der Waals surface area contributed by atoms with Gasteiger partial charge in [-0.25, -0.2) is 4.39 Å². The van der Waals surface area contributed by atoms with E-state index in [2.05, 4.69) is 16.8 Å². The van der Waals surface area contributed by atoms with Crippen LogP contribution in [0.2, 0.25) is 0 Å². The Balaban J connectivity index is 1.89. The second-order valence-corrected chi connectivity index (χ2v) is 5.94. The van der Waals surface area contributed by atoms with Crippen LogP contribution in [0.1, 0.15) is 24.0 Å². The third kappa shape index (κ3) is 4.51. The molecule has 3 nitrogen and oxygen atoms in total. The lowest BCUT2D eigenvalue weighted by atomic mass is 10.1. The maximum atomic E-state index is 13.5. The number of benzene rings is 1. The Labute approximate surface area is 125 Å². The predicted octanol–water partition coefficient (Wildman–Crippen LogP) is 1.99. The second kappa shape index (κ2) is 7.11. The number of likely N-dealkylation sites (tertiary alicyclic amines) is 1. The Morgan fingerprint density at radius 2 is 2.05 bits per heavy atom.